The molecule has 4 aliphatic carbocycles. The highest BCUT2D eigenvalue weighted by Crippen LogP contribution is 2.59. The Morgan fingerprint density at radius 1 is 1.17 bits per heavy atom. The maximum Gasteiger partial charge on any atom is 0.253 e. The van der Waals surface area contributed by atoms with E-state index >= 15 is 0 Å². The summed E-state index contributed by atoms with van der Waals surface area (Å²) in [6.07, 6.45) is 11.9. The molecule has 1 aromatic heterocycles. The van der Waals surface area contributed by atoms with Gasteiger partial charge in [0.1, 0.15) is 0 Å². The molecule has 1 aromatic rings. The second-order valence-corrected chi connectivity index (χ2v) is 10.5. The predicted octanol–water partition coefficient (Wildman–Crippen LogP) is 4.06. The first-order valence-corrected chi connectivity index (χ1v) is 11.7. The standard InChI is InChI=1S/C23H32ClN3O2/c24-20-12-26-21(29-13-15-1-3-25-4-2-15)8-19(20)22(28)27-14-23-9-16-5-17(10-23)7-18(6-16)11-23/h8,12,15-18,25H,1-7,9-11,13-14H2,(H,27,28). The molecule has 4 saturated carbocycles. The Labute approximate surface area is 178 Å². The number of carbonyl (C=O) groups excluding carboxylic acids is 1. The summed E-state index contributed by atoms with van der Waals surface area (Å²) in [6, 6.07) is 1.71. The van der Waals surface area contributed by atoms with Crippen molar-refractivity contribution in [2.45, 2.75) is 51.4 Å². The van der Waals surface area contributed by atoms with Gasteiger partial charge in [-0.2, -0.15) is 0 Å². The number of piperidine rings is 1. The van der Waals surface area contributed by atoms with E-state index in [9.17, 15) is 4.79 Å². The molecule has 0 unspecified atom stereocenters. The Balaban J connectivity index is 1.20. The van der Waals surface area contributed by atoms with Gasteiger partial charge in [-0.1, -0.05) is 11.6 Å². The predicted molar refractivity (Wildman–Crippen MR) is 113 cm³/mol. The minimum atomic E-state index is -0.0974. The highest BCUT2D eigenvalue weighted by molar-refractivity contribution is 6.33. The van der Waals surface area contributed by atoms with Gasteiger partial charge < -0.3 is 15.4 Å². The molecule has 4 bridgehead atoms. The number of aromatic nitrogens is 1. The van der Waals surface area contributed by atoms with Gasteiger partial charge in [-0.3, -0.25) is 4.79 Å². The van der Waals surface area contributed by atoms with E-state index < -0.39 is 0 Å². The molecule has 0 atom stereocenters. The van der Waals surface area contributed by atoms with Gasteiger partial charge in [-0.05, 0) is 93.5 Å². The average Bonchev–Trinajstić information content (AvgIpc) is 2.71. The number of halogens is 1. The van der Waals surface area contributed by atoms with Crippen LogP contribution in [0.25, 0.3) is 0 Å². The maximum atomic E-state index is 12.9. The molecule has 5 aliphatic rings. The van der Waals surface area contributed by atoms with Crippen molar-refractivity contribution in [1.82, 2.24) is 15.6 Å². The molecule has 5 fully saturated rings. The zero-order valence-electron chi connectivity index (χ0n) is 17.1. The minimum Gasteiger partial charge on any atom is -0.477 e. The fourth-order valence-electron chi connectivity index (χ4n) is 6.79. The molecule has 29 heavy (non-hydrogen) atoms. The number of hydrogen-bond donors (Lipinski definition) is 2. The number of nitrogens with zero attached hydrogens (tertiary/aromatic N) is 1. The van der Waals surface area contributed by atoms with E-state index in [0.29, 0.717) is 34.4 Å². The van der Waals surface area contributed by atoms with Crippen molar-refractivity contribution in [2.75, 3.05) is 26.2 Å². The smallest absolute Gasteiger partial charge is 0.253 e. The third-order valence-electron chi connectivity index (χ3n) is 7.79. The average molecular weight is 418 g/mol. The molecule has 6 rings (SSSR count). The van der Waals surface area contributed by atoms with E-state index in [2.05, 4.69) is 15.6 Å². The van der Waals surface area contributed by atoms with Gasteiger partial charge in [0.2, 0.25) is 5.88 Å². The van der Waals surface area contributed by atoms with Gasteiger partial charge >= 0.3 is 0 Å². The van der Waals surface area contributed by atoms with Crippen LogP contribution in [0.15, 0.2) is 12.3 Å². The van der Waals surface area contributed by atoms with Gasteiger partial charge in [0.05, 0.1) is 23.4 Å². The molecule has 2 N–H and O–H groups in total. The monoisotopic (exact) mass is 417 g/mol. The van der Waals surface area contributed by atoms with Crippen LogP contribution < -0.4 is 15.4 Å². The number of amides is 1. The summed E-state index contributed by atoms with van der Waals surface area (Å²) in [7, 11) is 0. The summed E-state index contributed by atoms with van der Waals surface area (Å²) in [5.74, 6) is 3.60. The zero-order valence-corrected chi connectivity index (χ0v) is 17.8. The molecule has 5 nitrogen and oxygen atoms in total. The van der Waals surface area contributed by atoms with Crippen molar-refractivity contribution < 1.29 is 9.53 Å². The third-order valence-corrected chi connectivity index (χ3v) is 8.09. The molecular formula is C23H32ClN3O2. The summed E-state index contributed by atoms with van der Waals surface area (Å²) >= 11 is 6.31. The van der Waals surface area contributed by atoms with Gasteiger partial charge in [-0.15, -0.1) is 0 Å². The van der Waals surface area contributed by atoms with Crippen molar-refractivity contribution >= 4 is 17.5 Å². The Morgan fingerprint density at radius 2 is 1.83 bits per heavy atom. The van der Waals surface area contributed by atoms with E-state index in [1.165, 1.54) is 38.5 Å². The Morgan fingerprint density at radius 3 is 2.48 bits per heavy atom. The fraction of sp³-hybridized carbons (Fsp3) is 0.739. The first kappa shape index (κ1) is 19.6. The second-order valence-electron chi connectivity index (χ2n) is 10.1. The Hall–Kier alpha value is -1.33. The molecule has 158 valence electrons. The normalized spacial score (nSPS) is 33.6. The molecule has 0 spiro atoms. The fourth-order valence-corrected chi connectivity index (χ4v) is 6.98. The lowest BCUT2D eigenvalue weighted by molar-refractivity contribution is -0.0503. The lowest BCUT2D eigenvalue weighted by Crippen LogP contribution is -2.51. The zero-order chi connectivity index (χ0) is 19.8. The van der Waals surface area contributed by atoms with E-state index in [1.54, 1.807) is 12.3 Å². The highest BCUT2D eigenvalue weighted by Gasteiger charge is 2.50. The van der Waals surface area contributed by atoms with Crippen LogP contribution in [-0.4, -0.2) is 37.1 Å². The van der Waals surface area contributed by atoms with E-state index in [4.69, 9.17) is 16.3 Å². The first-order valence-electron chi connectivity index (χ1n) is 11.4. The van der Waals surface area contributed by atoms with Crippen LogP contribution in [-0.2, 0) is 0 Å². The Kier molecular flexibility index (Phi) is 5.46. The first-order chi connectivity index (χ1) is 14.1. The summed E-state index contributed by atoms with van der Waals surface area (Å²) in [5.41, 5.74) is 0.796. The summed E-state index contributed by atoms with van der Waals surface area (Å²) in [4.78, 5) is 17.2. The van der Waals surface area contributed by atoms with E-state index in [1.807, 2.05) is 0 Å². The minimum absolute atomic E-state index is 0.0974. The highest BCUT2D eigenvalue weighted by atomic mass is 35.5. The van der Waals surface area contributed by atoms with Crippen molar-refractivity contribution in [3.63, 3.8) is 0 Å². The van der Waals surface area contributed by atoms with Crippen molar-refractivity contribution in [1.29, 1.82) is 0 Å². The number of nitrogens with one attached hydrogen (secondary N) is 2. The van der Waals surface area contributed by atoms with Crippen LogP contribution in [0.5, 0.6) is 5.88 Å². The van der Waals surface area contributed by atoms with Crippen LogP contribution in [0.1, 0.15) is 61.7 Å². The molecular weight excluding hydrogens is 386 g/mol. The van der Waals surface area contributed by atoms with Gasteiger partial charge in [0, 0.05) is 12.6 Å². The van der Waals surface area contributed by atoms with Crippen LogP contribution in [0, 0.1) is 29.1 Å². The summed E-state index contributed by atoms with van der Waals surface area (Å²) < 4.78 is 5.89. The van der Waals surface area contributed by atoms with E-state index in [0.717, 1.165) is 50.2 Å². The van der Waals surface area contributed by atoms with Gasteiger partial charge in [0.15, 0.2) is 0 Å². The topological polar surface area (TPSA) is 63.2 Å². The quantitative estimate of drug-likeness (QED) is 0.732. The van der Waals surface area contributed by atoms with E-state index in [-0.39, 0.29) is 5.91 Å². The largest absolute Gasteiger partial charge is 0.477 e. The van der Waals surface area contributed by atoms with Crippen LogP contribution in [0.4, 0.5) is 0 Å². The number of carbonyl (C=O) groups is 1. The molecule has 6 heteroatoms. The van der Waals surface area contributed by atoms with Crippen molar-refractivity contribution in [3.05, 3.63) is 22.8 Å². The lowest BCUT2D eigenvalue weighted by Gasteiger charge is -2.56. The molecule has 1 amide bonds. The van der Waals surface area contributed by atoms with Crippen LogP contribution >= 0.6 is 11.6 Å². The SMILES string of the molecule is O=C(NCC12CC3CC(CC(C3)C1)C2)c1cc(OCC2CCNCC2)ncc1Cl. The van der Waals surface area contributed by atoms with Gasteiger partial charge in [0.25, 0.3) is 5.91 Å². The van der Waals surface area contributed by atoms with Crippen LogP contribution in [0.2, 0.25) is 5.02 Å². The molecule has 0 radical (unpaired) electrons. The molecule has 1 saturated heterocycles. The summed E-state index contributed by atoms with van der Waals surface area (Å²) in [5, 5.41) is 6.97. The van der Waals surface area contributed by atoms with Gasteiger partial charge in [-0.25, -0.2) is 4.98 Å². The molecule has 1 aliphatic heterocycles. The number of hydrogen-bond acceptors (Lipinski definition) is 4. The summed E-state index contributed by atoms with van der Waals surface area (Å²) in [6.45, 7) is 3.50. The maximum absolute atomic E-state index is 12.9. The lowest BCUT2D eigenvalue weighted by atomic mass is 9.49. The molecule has 0 aromatic carbocycles. The number of pyridine rings is 1. The third kappa shape index (κ3) is 4.27. The van der Waals surface area contributed by atoms with Crippen molar-refractivity contribution in [2.24, 2.45) is 29.1 Å². The number of rotatable bonds is 6. The second kappa shape index (κ2) is 8.07. The van der Waals surface area contributed by atoms with Crippen molar-refractivity contribution in [3.8, 4) is 5.88 Å². The van der Waals surface area contributed by atoms with Crippen LogP contribution in [0.3, 0.4) is 0 Å². The number of ether oxygens (including phenoxy) is 1. The Bertz CT molecular complexity index is 727. The molecule has 2 heterocycles.